The van der Waals surface area contributed by atoms with Gasteiger partial charge in [-0.25, -0.2) is 18.9 Å². The summed E-state index contributed by atoms with van der Waals surface area (Å²) in [6.45, 7) is 0.370. The summed E-state index contributed by atoms with van der Waals surface area (Å²) >= 11 is 0. The summed E-state index contributed by atoms with van der Waals surface area (Å²) in [6.07, 6.45) is -0.799. The lowest BCUT2D eigenvalue weighted by atomic mass is 9.85. The number of hydroxylamine groups is 1. The standard InChI is InChI=1S/C33H32N2O7S/c36-21-7-22-41-28-18-16-27(17-19-28)31-34-33(32(37)35-38,20-23-43(39,40)29-10-5-2-6-11-29)30(42-31)26-14-12-25(13-15-26)24-8-3-1-4-9-24/h1-6,8-19,30,36,38H,7,20-23H2,(H,35,37)/t30-,33-/m0/s1. The fraction of sp³-hybridized carbons (Fsp3) is 0.212. The van der Waals surface area contributed by atoms with Crippen LogP contribution in [0.4, 0.5) is 0 Å². The van der Waals surface area contributed by atoms with Crippen LogP contribution in [0.15, 0.2) is 119 Å². The molecule has 4 aromatic rings. The van der Waals surface area contributed by atoms with Crippen LogP contribution in [0, 0.1) is 0 Å². The Kier molecular flexibility index (Phi) is 9.20. The zero-order valence-electron chi connectivity index (χ0n) is 23.3. The van der Waals surface area contributed by atoms with E-state index in [1.165, 1.54) is 12.1 Å². The number of carbonyl (C=O) groups excluding carboxylic acids is 1. The summed E-state index contributed by atoms with van der Waals surface area (Å²) < 4.78 is 38.5. The highest BCUT2D eigenvalue weighted by atomic mass is 32.2. The smallest absolute Gasteiger partial charge is 0.275 e. The maximum absolute atomic E-state index is 13.5. The molecular formula is C33H32N2O7S. The number of aliphatic hydroxyl groups is 1. The predicted molar refractivity (Wildman–Crippen MR) is 162 cm³/mol. The molecule has 3 N–H and O–H groups in total. The minimum Gasteiger partial charge on any atom is -0.494 e. The highest BCUT2D eigenvalue weighted by Gasteiger charge is 2.53. The Morgan fingerprint density at radius 3 is 2.09 bits per heavy atom. The zero-order chi connectivity index (χ0) is 30.3. The van der Waals surface area contributed by atoms with E-state index < -0.39 is 33.1 Å². The van der Waals surface area contributed by atoms with Gasteiger partial charge in [-0.3, -0.25) is 10.0 Å². The van der Waals surface area contributed by atoms with Gasteiger partial charge < -0.3 is 14.6 Å². The van der Waals surface area contributed by atoms with Crippen LogP contribution < -0.4 is 10.2 Å². The van der Waals surface area contributed by atoms with Crippen LogP contribution in [0.2, 0.25) is 0 Å². The number of nitrogens with zero attached hydrogens (tertiary/aromatic N) is 1. The van der Waals surface area contributed by atoms with Gasteiger partial charge in [-0.2, -0.15) is 0 Å². The molecule has 0 aromatic heterocycles. The molecule has 0 spiro atoms. The summed E-state index contributed by atoms with van der Waals surface area (Å²) in [6, 6.07) is 32.1. The Balaban J connectivity index is 1.52. The molecule has 222 valence electrons. The molecule has 9 nitrogen and oxygen atoms in total. The van der Waals surface area contributed by atoms with Gasteiger partial charge >= 0.3 is 0 Å². The number of hydrogen-bond donors (Lipinski definition) is 3. The van der Waals surface area contributed by atoms with Crippen molar-refractivity contribution in [3.05, 3.63) is 120 Å². The van der Waals surface area contributed by atoms with Gasteiger partial charge in [-0.15, -0.1) is 0 Å². The van der Waals surface area contributed by atoms with Crippen LogP contribution in [0.3, 0.4) is 0 Å². The molecule has 1 aliphatic heterocycles. The number of aliphatic imine (C=N–C) groups is 1. The van der Waals surface area contributed by atoms with Crippen LogP contribution in [0.1, 0.15) is 30.1 Å². The van der Waals surface area contributed by atoms with E-state index >= 15 is 0 Å². The Hall–Kier alpha value is -4.51. The number of carbonyl (C=O) groups is 1. The summed E-state index contributed by atoms with van der Waals surface area (Å²) in [4.78, 5) is 18.3. The molecule has 1 heterocycles. The van der Waals surface area contributed by atoms with Crippen LogP contribution >= 0.6 is 0 Å². The first-order valence-electron chi connectivity index (χ1n) is 13.8. The lowest BCUT2D eigenvalue weighted by molar-refractivity contribution is -0.137. The molecule has 5 rings (SSSR count). The second-order valence-corrected chi connectivity index (χ2v) is 12.2. The molecule has 0 unspecified atom stereocenters. The van der Waals surface area contributed by atoms with Gasteiger partial charge in [0.1, 0.15) is 5.75 Å². The maximum atomic E-state index is 13.5. The number of benzene rings is 4. The third kappa shape index (κ3) is 6.61. The summed E-state index contributed by atoms with van der Waals surface area (Å²) in [5.74, 6) is -0.593. The minimum atomic E-state index is -3.80. The molecule has 1 amide bonds. The summed E-state index contributed by atoms with van der Waals surface area (Å²) in [7, 11) is -3.80. The van der Waals surface area contributed by atoms with Crippen LogP contribution in [0.25, 0.3) is 11.1 Å². The van der Waals surface area contributed by atoms with Crippen molar-refractivity contribution >= 4 is 21.6 Å². The number of amides is 1. The highest BCUT2D eigenvalue weighted by molar-refractivity contribution is 7.91. The first kappa shape index (κ1) is 30.0. The zero-order valence-corrected chi connectivity index (χ0v) is 24.1. The molecule has 2 atom stereocenters. The van der Waals surface area contributed by atoms with Gasteiger partial charge in [0.25, 0.3) is 5.91 Å². The number of rotatable bonds is 12. The second-order valence-electron chi connectivity index (χ2n) is 10.1. The molecule has 0 aliphatic carbocycles. The number of nitrogens with one attached hydrogen (secondary N) is 1. The van der Waals surface area contributed by atoms with E-state index in [-0.39, 0.29) is 23.8 Å². The quantitative estimate of drug-likeness (QED) is 0.121. The van der Waals surface area contributed by atoms with Gasteiger partial charge in [-0.1, -0.05) is 72.8 Å². The lowest BCUT2D eigenvalue weighted by Gasteiger charge is -2.29. The topological polar surface area (TPSA) is 135 Å². The van der Waals surface area contributed by atoms with E-state index in [1.54, 1.807) is 47.9 Å². The van der Waals surface area contributed by atoms with E-state index in [0.29, 0.717) is 29.9 Å². The molecule has 0 saturated heterocycles. The van der Waals surface area contributed by atoms with Crippen LogP contribution in [-0.2, 0) is 19.4 Å². The average Bonchev–Trinajstić information content (AvgIpc) is 3.46. The number of hydrogen-bond acceptors (Lipinski definition) is 8. The monoisotopic (exact) mass is 600 g/mol. The predicted octanol–water partition coefficient (Wildman–Crippen LogP) is 4.74. The molecular weight excluding hydrogens is 568 g/mol. The number of aliphatic hydroxyl groups excluding tert-OH is 1. The third-order valence-electron chi connectivity index (χ3n) is 7.31. The van der Waals surface area contributed by atoms with E-state index in [9.17, 15) is 18.4 Å². The molecule has 0 saturated carbocycles. The van der Waals surface area contributed by atoms with Gasteiger partial charge in [0.05, 0.1) is 17.3 Å². The third-order valence-corrected chi connectivity index (χ3v) is 9.04. The fourth-order valence-electron chi connectivity index (χ4n) is 4.98. The van der Waals surface area contributed by atoms with Crippen molar-refractivity contribution in [2.24, 2.45) is 4.99 Å². The Morgan fingerprint density at radius 2 is 1.47 bits per heavy atom. The lowest BCUT2D eigenvalue weighted by Crippen LogP contribution is -2.48. The Labute approximate surface area is 250 Å². The van der Waals surface area contributed by atoms with E-state index in [0.717, 1.165) is 11.1 Å². The average molecular weight is 601 g/mol. The van der Waals surface area contributed by atoms with Gasteiger partial charge in [0.2, 0.25) is 5.90 Å². The van der Waals surface area contributed by atoms with E-state index in [2.05, 4.69) is 4.99 Å². The van der Waals surface area contributed by atoms with Gasteiger partial charge in [0.15, 0.2) is 21.5 Å². The van der Waals surface area contributed by atoms with Crippen molar-refractivity contribution in [1.82, 2.24) is 5.48 Å². The normalized spacial score (nSPS) is 18.0. The van der Waals surface area contributed by atoms with E-state index in [4.69, 9.17) is 14.6 Å². The van der Waals surface area contributed by atoms with Crippen LogP contribution in [-0.4, -0.2) is 55.0 Å². The first-order chi connectivity index (χ1) is 20.9. The van der Waals surface area contributed by atoms with E-state index in [1.807, 2.05) is 54.6 Å². The highest BCUT2D eigenvalue weighted by Crippen LogP contribution is 2.43. The van der Waals surface area contributed by atoms with Crippen molar-refractivity contribution in [1.29, 1.82) is 0 Å². The molecule has 4 aromatic carbocycles. The van der Waals surface area contributed by atoms with Crippen molar-refractivity contribution in [3.63, 3.8) is 0 Å². The SMILES string of the molecule is O=C(NO)[C@@]1(CCS(=O)(=O)c2ccccc2)N=C(c2ccc(OCCCO)cc2)O[C@H]1c1ccc(-c2ccccc2)cc1. The molecule has 0 radical (unpaired) electrons. The molecule has 1 aliphatic rings. The number of sulfone groups is 1. The fourth-order valence-corrected chi connectivity index (χ4v) is 6.37. The maximum Gasteiger partial charge on any atom is 0.275 e. The van der Waals surface area contributed by atoms with Crippen molar-refractivity contribution < 1.29 is 33.0 Å². The number of ether oxygens (including phenoxy) is 2. The molecule has 43 heavy (non-hydrogen) atoms. The first-order valence-corrected chi connectivity index (χ1v) is 15.5. The molecule has 10 heteroatoms. The van der Waals surface area contributed by atoms with Crippen molar-refractivity contribution in [2.45, 2.75) is 29.4 Å². The van der Waals surface area contributed by atoms with Gasteiger partial charge in [0, 0.05) is 25.0 Å². The summed E-state index contributed by atoms with van der Waals surface area (Å²) in [5, 5.41) is 18.8. The Bertz CT molecular complexity index is 1660. The van der Waals surface area contributed by atoms with Crippen molar-refractivity contribution in [3.8, 4) is 16.9 Å². The second kappa shape index (κ2) is 13.2. The largest absolute Gasteiger partial charge is 0.494 e. The van der Waals surface area contributed by atoms with Gasteiger partial charge in [-0.05, 0) is 53.1 Å². The van der Waals surface area contributed by atoms with Crippen LogP contribution in [0.5, 0.6) is 5.75 Å². The Morgan fingerprint density at radius 1 is 0.860 bits per heavy atom. The minimum absolute atomic E-state index is 0.0193. The molecule has 0 fully saturated rings. The molecule has 0 bridgehead atoms. The van der Waals surface area contributed by atoms with Crippen molar-refractivity contribution in [2.75, 3.05) is 19.0 Å². The summed E-state index contributed by atoms with van der Waals surface area (Å²) in [5.41, 5.74) is 3.00.